The number of anilines is 3. The fourth-order valence-corrected chi connectivity index (χ4v) is 4.56. The van der Waals surface area contributed by atoms with Crippen molar-refractivity contribution in [2.24, 2.45) is 5.92 Å². The Balaban J connectivity index is 1.35. The summed E-state index contributed by atoms with van der Waals surface area (Å²) >= 11 is 0. The maximum atomic E-state index is 12.5. The number of carbonyl (C=O) groups excluding carboxylic acids is 2. The molecule has 12 heteroatoms. The molecule has 0 spiro atoms. The normalized spacial score (nSPS) is 18.0. The largest absolute Gasteiger partial charge is 0.378 e. The van der Waals surface area contributed by atoms with Crippen molar-refractivity contribution in [3.8, 4) is 11.3 Å². The minimum atomic E-state index is -0.144. The predicted molar refractivity (Wildman–Crippen MR) is 130 cm³/mol. The standard InChI is InChI=1S/C23H31N9O3/c1-14(2)21(34)25-11-18(33)31-12-16(13-31)32-4-3-17-19(15-9-26-22(24)27-10-15)28-23(29-20(17)32)30-5-7-35-8-6-30/h9-10,14,16H,3-8,11-13H2,1-2H3,(H,25,34)(H2,24,26,27). The van der Waals surface area contributed by atoms with Gasteiger partial charge in [0.1, 0.15) is 5.82 Å². The number of amides is 2. The number of nitrogens with zero attached hydrogens (tertiary/aromatic N) is 7. The molecule has 5 rings (SSSR count). The number of morpholine rings is 1. The van der Waals surface area contributed by atoms with E-state index in [1.165, 1.54) is 0 Å². The number of carbonyl (C=O) groups is 2. The molecule has 0 radical (unpaired) electrons. The number of ether oxygens (including phenoxy) is 1. The third kappa shape index (κ3) is 4.70. The molecule has 2 aromatic heterocycles. The summed E-state index contributed by atoms with van der Waals surface area (Å²) in [5.74, 6) is 1.46. The van der Waals surface area contributed by atoms with E-state index in [9.17, 15) is 9.59 Å². The Bertz CT molecular complexity index is 1100. The maximum Gasteiger partial charge on any atom is 0.242 e. The first kappa shape index (κ1) is 23.2. The number of nitrogen functional groups attached to an aromatic ring is 1. The molecular weight excluding hydrogens is 450 g/mol. The van der Waals surface area contributed by atoms with Gasteiger partial charge in [0.05, 0.1) is 31.5 Å². The summed E-state index contributed by atoms with van der Waals surface area (Å²) in [6.07, 6.45) is 4.20. The topological polar surface area (TPSA) is 143 Å². The zero-order valence-electron chi connectivity index (χ0n) is 20.1. The molecule has 0 atom stereocenters. The number of rotatable bonds is 6. The van der Waals surface area contributed by atoms with Crippen molar-refractivity contribution in [2.45, 2.75) is 26.3 Å². The Labute approximate surface area is 203 Å². The van der Waals surface area contributed by atoms with Gasteiger partial charge >= 0.3 is 0 Å². The fourth-order valence-electron chi connectivity index (χ4n) is 4.56. The minimum Gasteiger partial charge on any atom is -0.378 e. The second-order valence-electron chi connectivity index (χ2n) is 9.37. The van der Waals surface area contributed by atoms with Gasteiger partial charge in [0.15, 0.2) is 0 Å². The van der Waals surface area contributed by atoms with E-state index in [2.05, 4.69) is 25.1 Å². The molecule has 0 saturated carbocycles. The molecule has 0 aliphatic carbocycles. The fraction of sp³-hybridized carbons (Fsp3) is 0.565. The van der Waals surface area contributed by atoms with Gasteiger partial charge < -0.3 is 30.5 Å². The molecule has 2 aromatic rings. The van der Waals surface area contributed by atoms with Crippen LogP contribution >= 0.6 is 0 Å². The lowest BCUT2D eigenvalue weighted by Gasteiger charge is -2.44. The zero-order chi connectivity index (χ0) is 24.5. The van der Waals surface area contributed by atoms with Crippen LogP contribution in [0.15, 0.2) is 12.4 Å². The third-order valence-corrected chi connectivity index (χ3v) is 6.68. The van der Waals surface area contributed by atoms with Gasteiger partial charge in [-0.2, -0.15) is 4.98 Å². The lowest BCUT2D eigenvalue weighted by molar-refractivity contribution is -0.137. The Kier molecular flexibility index (Phi) is 6.37. The summed E-state index contributed by atoms with van der Waals surface area (Å²) in [6, 6.07) is 0.170. The molecule has 2 fully saturated rings. The van der Waals surface area contributed by atoms with Crippen LogP contribution in [0.25, 0.3) is 11.3 Å². The molecule has 3 aliphatic rings. The van der Waals surface area contributed by atoms with E-state index in [1.54, 1.807) is 17.3 Å². The molecule has 3 N–H and O–H groups in total. The molecular formula is C23H31N9O3. The average Bonchev–Trinajstić information content (AvgIpc) is 3.25. The van der Waals surface area contributed by atoms with Gasteiger partial charge in [0.2, 0.25) is 23.7 Å². The molecule has 3 aliphatic heterocycles. The minimum absolute atomic E-state index is 0.0327. The van der Waals surface area contributed by atoms with E-state index in [4.69, 9.17) is 20.4 Å². The molecule has 35 heavy (non-hydrogen) atoms. The first-order valence-electron chi connectivity index (χ1n) is 12.0. The van der Waals surface area contributed by atoms with Crippen molar-refractivity contribution in [2.75, 3.05) is 68.0 Å². The van der Waals surface area contributed by atoms with E-state index in [-0.39, 0.29) is 36.3 Å². The van der Waals surface area contributed by atoms with Crippen LogP contribution in [0.2, 0.25) is 0 Å². The van der Waals surface area contributed by atoms with Gasteiger partial charge in [0.25, 0.3) is 0 Å². The summed E-state index contributed by atoms with van der Waals surface area (Å²) in [4.78, 5) is 48.7. The molecule has 0 unspecified atom stereocenters. The van der Waals surface area contributed by atoms with Crippen LogP contribution in [0.1, 0.15) is 19.4 Å². The number of hydrogen-bond acceptors (Lipinski definition) is 10. The van der Waals surface area contributed by atoms with Crippen molar-refractivity contribution in [1.82, 2.24) is 30.2 Å². The van der Waals surface area contributed by atoms with Crippen LogP contribution in [0.3, 0.4) is 0 Å². The van der Waals surface area contributed by atoms with Crippen molar-refractivity contribution in [3.63, 3.8) is 0 Å². The summed E-state index contributed by atoms with van der Waals surface area (Å²) in [5, 5.41) is 2.70. The summed E-state index contributed by atoms with van der Waals surface area (Å²) in [6.45, 7) is 8.38. The summed E-state index contributed by atoms with van der Waals surface area (Å²) < 4.78 is 5.50. The molecule has 2 saturated heterocycles. The van der Waals surface area contributed by atoms with Gasteiger partial charge in [-0.3, -0.25) is 9.59 Å². The van der Waals surface area contributed by atoms with Gasteiger partial charge in [-0.05, 0) is 6.42 Å². The quantitative estimate of drug-likeness (QED) is 0.564. The number of hydrogen-bond donors (Lipinski definition) is 2. The third-order valence-electron chi connectivity index (χ3n) is 6.68. The van der Waals surface area contributed by atoms with Gasteiger partial charge in [-0.25, -0.2) is 15.0 Å². The number of likely N-dealkylation sites (tertiary alicyclic amines) is 1. The van der Waals surface area contributed by atoms with Crippen molar-refractivity contribution < 1.29 is 14.3 Å². The first-order valence-corrected chi connectivity index (χ1v) is 12.0. The average molecular weight is 482 g/mol. The highest BCUT2D eigenvalue weighted by atomic mass is 16.5. The molecule has 0 bridgehead atoms. The Morgan fingerprint density at radius 1 is 1.14 bits per heavy atom. The lowest BCUT2D eigenvalue weighted by Crippen LogP contribution is -2.62. The number of nitrogens with two attached hydrogens (primary N) is 1. The molecule has 0 aromatic carbocycles. The van der Waals surface area contributed by atoms with Crippen LogP contribution in [0.4, 0.5) is 17.7 Å². The Morgan fingerprint density at radius 2 is 1.86 bits per heavy atom. The van der Waals surface area contributed by atoms with Gasteiger partial charge in [-0.1, -0.05) is 13.8 Å². The van der Waals surface area contributed by atoms with Gasteiger partial charge in [0, 0.05) is 62.2 Å². The van der Waals surface area contributed by atoms with E-state index < -0.39 is 0 Å². The molecule has 186 valence electrons. The van der Waals surface area contributed by atoms with E-state index in [0.717, 1.165) is 48.7 Å². The van der Waals surface area contributed by atoms with Crippen molar-refractivity contribution in [1.29, 1.82) is 0 Å². The highest BCUT2D eigenvalue weighted by molar-refractivity contribution is 5.86. The number of fused-ring (bicyclic) bond motifs is 1. The molecule has 2 amide bonds. The van der Waals surface area contributed by atoms with Crippen LogP contribution < -0.4 is 20.9 Å². The van der Waals surface area contributed by atoms with Crippen molar-refractivity contribution >= 4 is 29.5 Å². The summed E-state index contributed by atoms with van der Waals surface area (Å²) in [5.41, 5.74) is 8.39. The van der Waals surface area contributed by atoms with E-state index >= 15 is 0 Å². The van der Waals surface area contributed by atoms with Crippen molar-refractivity contribution in [3.05, 3.63) is 18.0 Å². The predicted octanol–water partition coefficient (Wildman–Crippen LogP) is -0.302. The van der Waals surface area contributed by atoms with Crippen LogP contribution in [0.5, 0.6) is 0 Å². The Morgan fingerprint density at radius 3 is 2.54 bits per heavy atom. The van der Waals surface area contributed by atoms with Crippen LogP contribution in [-0.4, -0.2) is 95.2 Å². The Hall–Kier alpha value is -3.54. The molecule has 12 nitrogen and oxygen atoms in total. The monoisotopic (exact) mass is 481 g/mol. The second-order valence-corrected chi connectivity index (χ2v) is 9.37. The maximum absolute atomic E-state index is 12.5. The number of aromatic nitrogens is 4. The summed E-state index contributed by atoms with van der Waals surface area (Å²) in [7, 11) is 0. The first-order chi connectivity index (χ1) is 16.9. The zero-order valence-corrected chi connectivity index (χ0v) is 20.1. The lowest BCUT2D eigenvalue weighted by atomic mass is 10.1. The second kappa shape index (κ2) is 9.61. The van der Waals surface area contributed by atoms with E-state index in [0.29, 0.717) is 32.3 Å². The highest BCUT2D eigenvalue weighted by Crippen LogP contribution is 2.37. The highest BCUT2D eigenvalue weighted by Gasteiger charge is 2.39. The van der Waals surface area contributed by atoms with Gasteiger partial charge in [-0.15, -0.1) is 0 Å². The van der Waals surface area contributed by atoms with E-state index in [1.807, 2.05) is 13.8 Å². The number of nitrogens with one attached hydrogen (secondary N) is 1. The van der Waals surface area contributed by atoms with Crippen LogP contribution in [0, 0.1) is 5.92 Å². The van der Waals surface area contributed by atoms with Crippen LogP contribution in [-0.2, 0) is 20.7 Å². The molecule has 5 heterocycles. The smallest absolute Gasteiger partial charge is 0.242 e. The SMILES string of the molecule is CC(C)C(=O)NCC(=O)N1CC(N2CCc3c(-c4cnc(N)nc4)nc(N4CCOCC4)nc32)C1.